The van der Waals surface area contributed by atoms with Crippen LogP contribution in [0.5, 0.6) is 0 Å². The van der Waals surface area contributed by atoms with Crippen molar-refractivity contribution in [3.63, 3.8) is 0 Å². The number of alkyl halides is 3. The molecule has 0 aromatic heterocycles. The van der Waals surface area contributed by atoms with E-state index in [0.717, 1.165) is 0 Å². The van der Waals surface area contributed by atoms with Gasteiger partial charge in [-0.05, 0) is 6.42 Å². The van der Waals surface area contributed by atoms with Crippen molar-refractivity contribution in [3.8, 4) is 0 Å². The van der Waals surface area contributed by atoms with E-state index in [-0.39, 0.29) is 13.2 Å². The maximum Gasteiger partial charge on any atom is 0.443 e. The highest BCUT2D eigenvalue weighted by atomic mass is 19.4. The summed E-state index contributed by atoms with van der Waals surface area (Å²) in [5, 5.41) is 17.3. The largest absolute Gasteiger partial charge is 0.443 e. The molecule has 2 N–H and O–H groups in total. The predicted octanol–water partition coefficient (Wildman–Crippen LogP) is 0.383. The first-order chi connectivity index (χ1) is 6.33. The zero-order chi connectivity index (χ0) is 10.8. The van der Waals surface area contributed by atoms with Crippen LogP contribution in [0.25, 0.3) is 0 Å². The monoisotopic (exact) mass is 216 g/mol. The van der Waals surface area contributed by atoms with Crippen molar-refractivity contribution in [1.82, 2.24) is 0 Å². The molecule has 0 saturated carbocycles. The fourth-order valence-electron chi connectivity index (χ4n) is 1.00. The van der Waals surface area contributed by atoms with Crippen LogP contribution in [0.2, 0.25) is 0 Å². The summed E-state index contributed by atoms with van der Waals surface area (Å²) in [5.74, 6) is -3.75. The molecule has 14 heavy (non-hydrogen) atoms. The highest BCUT2D eigenvalue weighted by Gasteiger charge is 2.54. The summed E-state index contributed by atoms with van der Waals surface area (Å²) in [7, 11) is 0. The van der Waals surface area contributed by atoms with Gasteiger partial charge in [0.15, 0.2) is 6.29 Å². The number of rotatable bonds is 2. The fraction of sp³-hybridized carbons (Fsp3) is 1.00. The zero-order valence-corrected chi connectivity index (χ0v) is 7.25. The van der Waals surface area contributed by atoms with E-state index in [1.54, 1.807) is 0 Å². The van der Waals surface area contributed by atoms with E-state index in [1.165, 1.54) is 0 Å². The van der Waals surface area contributed by atoms with Crippen molar-refractivity contribution in [2.24, 2.45) is 0 Å². The molecule has 4 nitrogen and oxygen atoms in total. The molecule has 0 aliphatic carbocycles. The van der Waals surface area contributed by atoms with Crippen LogP contribution in [-0.4, -0.2) is 41.7 Å². The van der Waals surface area contributed by atoms with E-state index in [0.29, 0.717) is 6.42 Å². The van der Waals surface area contributed by atoms with E-state index in [2.05, 4.69) is 0 Å². The van der Waals surface area contributed by atoms with Crippen LogP contribution in [0.1, 0.15) is 12.8 Å². The summed E-state index contributed by atoms with van der Waals surface area (Å²) in [5.41, 5.74) is 0. The lowest BCUT2D eigenvalue weighted by molar-refractivity contribution is -0.369. The van der Waals surface area contributed by atoms with Gasteiger partial charge >= 0.3 is 6.18 Å². The topological polar surface area (TPSA) is 58.9 Å². The Morgan fingerprint density at radius 3 is 2.07 bits per heavy atom. The lowest BCUT2D eigenvalue weighted by atomic mass is 10.2. The molecule has 1 heterocycles. The Labute approximate surface area is 78.2 Å². The van der Waals surface area contributed by atoms with Crippen LogP contribution >= 0.6 is 0 Å². The second-order valence-electron chi connectivity index (χ2n) is 3.04. The smallest absolute Gasteiger partial charge is 0.359 e. The molecule has 1 aliphatic rings. The Bertz CT molecular complexity index is 186. The lowest BCUT2D eigenvalue weighted by Gasteiger charge is -2.30. The van der Waals surface area contributed by atoms with Gasteiger partial charge in [0, 0.05) is 0 Å². The third-order valence-electron chi connectivity index (χ3n) is 1.80. The Kier molecular flexibility index (Phi) is 3.36. The third-order valence-corrected chi connectivity index (χ3v) is 1.80. The number of aliphatic hydroxyl groups is 2. The molecular weight excluding hydrogens is 205 g/mol. The average molecular weight is 216 g/mol. The molecule has 1 fully saturated rings. The second-order valence-corrected chi connectivity index (χ2v) is 3.04. The third kappa shape index (κ3) is 2.81. The molecule has 0 amide bonds. The van der Waals surface area contributed by atoms with E-state index in [1.807, 2.05) is 0 Å². The molecule has 1 rings (SSSR count). The van der Waals surface area contributed by atoms with E-state index >= 15 is 0 Å². The average Bonchev–Trinajstić information content (AvgIpc) is 2.03. The molecular formula is C7H11F3O4. The minimum absolute atomic E-state index is 0.263. The molecule has 0 aromatic rings. The van der Waals surface area contributed by atoms with Crippen molar-refractivity contribution >= 4 is 0 Å². The van der Waals surface area contributed by atoms with Gasteiger partial charge in [-0.15, -0.1) is 0 Å². The summed E-state index contributed by atoms with van der Waals surface area (Å²) in [6.07, 6.45) is -6.75. The first kappa shape index (κ1) is 11.7. The van der Waals surface area contributed by atoms with Gasteiger partial charge < -0.3 is 19.7 Å². The van der Waals surface area contributed by atoms with E-state index < -0.39 is 24.7 Å². The van der Waals surface area contributed by atoms with Crippen LogP contribution in [0.4, 0.5) is 13.2 Å². The first-order valence-corrected chi connectivity index (χ1v) is 4.07. The summed E-state index contributed by atoms with van der Waals surface area (Å²) < 4.78 is 45.5. The number of halogens is 3. The summed E-state index contributed by atoms with van der Waals surface area (Å²) in [6.45, 7) is 0.525. The Morgan fingerprint density at radius 1 is 1.14 bits per heavy atom. The van der Waals surface area contributed by atoms with E-state index in [4.69, 9.17) is 19.7 Å². The Hall–Kier alpha value is -0.370. The van der Waals surface area contributed by atoms with Gasteiger partial charge in [0.1, 0.15) is 0 Å². The SMILES string of the molecule is OC(O)(CC1OCCCO1)C(F)(F)F. The molecule has 7 heteroatoms. The standard InChI is InChI=1S/C7H11F3O4/c8-7(9,10)6(11,12)4-5-13-2-1-3-14-5/h5,11-12H,1-4H2. The number of hydrogen-bond donors (Lipinski definition) is 2. The fourth-order valence-corrected chi connectivity index (χ4v) is 1.00. The van der Waals surface area contributed by atoms with Crippen molar-refractivity contribution in [2.45, 2.75) is 31.1 Å². The summed E-state index contributed by atoms with van der Waals surface area (Å²) in [4.78, 5) is 0. The van der Waals surface area contributed by atoms with Crippen molar-refractivity contribution in [1.29, 1.82) is 0 Å². The molecule has 0 radical (unpaired) electrons. The molecule has 0 spiro atoms. The Morgan fingerprint density at radius 2 is 1.64 bits per heavy atom. The van der Waals surface area contributed by atoms with Crippen molar-refractivity contribution in [2.75, 3.05) is 13.2 Å². The van der Waals surface area contributed by atoms with Crippen molar-refractivity contribution < 1.29 is 32.9 Å². The summed E-state index contributed by atoms with van der Waals surface area (Å²) >= 11 is 0. The van der Waals surface area contributed by atoms with Crippen LogP contribution in [0.3, 0.4) is 0 Å². The predicted molar refractivity (Wildman–Crippen MR) is 38.1 cm³/mol. The van der Waals surface area contributed by atoms with Gasteiger partial charge in [-0.1, -0.05) is 0 Å². The zero-order valence-electron chi connectivity index (χ0n) is 7.25. The van der Waals surface area contributed by atoms with Crippen molar-refractivity contribution in [3.05, 3.63) is 0 Å². The van der Waals surface area contributed by atoms with Gasteiger partial charge in [0.2, 0.25) is 0 Å². The molecule has 84 valence electrons. The van der Waals surface area contributed by atoms with Gasteiger partial charge in [0.05, 0.1) is 19.6 Å². The highest BCUT2D eigenvalue weighted by Crippen LogP contribution is 2.32. The first-order valence-electron chi connectivity index (χ1n) is 4.07. The Balaban J connectivity index is 2.49. The molecule has 1 saturated heterocycles. The van der Waals surface area contributed by atoms with Gasteiger partial charge in [-0.25, -0.2) is 0 Å². The summed E-state index contributed by atoms with van der Waals surface area (Å²) in [6, 6.07) is 0. The molecule has 1 aliphatic heterocycles. The molecule has 0 atom stereocenters. The van der Waals surface area contributed by atoms with Gasteiger partial charge in [0.25, 0.3) is 5.79 Å². The minimum atomic E-state index is -5.10. The molecule has 0 bridgehead atoms. The van der Waals surface area contributed by atoms with Crippen LogP contribution < -0.4 is 0 Å². The van der Waals surface area contributed by atoms with Crippen LogP contribution in [0, 0.1) is 0 Å². The second kappa shape index (κ2) is 4.01. The maximum atomic E-state index is 12.0. The number of ether oxygens (including phenoxy) is 2. The van der Waals surface area contributed by atoms with Gasteiger partial charge in [-0.3, -0.25) is 0 Å². The van der Waals surface area contributed by atoms with Crippen LogP contribution in [-0.2, 0) is 9.47 Å². The normalized spacial score (nSPS) is 21.2. The van der Waals surface area contributed by atoms with E-state index in [9.17, 15) is 13.2 Å². The molecule has 0 aromatic carbocycles. The number of hydrogen-bond acceptors (Lipinski definition) is 4. The maximum absolute atomic E-state index is 12.0. The van der Waals surface area contributed by atoms with Gasteiger partial charge in [-0.2, -0.15) is 13.2 Å². The lowest BCUT2D eigenvalue weighted by Crippen LogP contribution is -2.48. The minimum Gasteiger partial charge on any atom is -0.359 e. The highest BCUT2D eigenvalue weighted by molar-refractivity contribution is 4.76. The quantitative estimate of drug-likeness (QED) is 0.655. The van der Waals surface area contributed by atoms with Crippen LogP contribution in [0.15, 0.2) is 0 Å². The molecule has 0 unspecified atom stereocenters.